The Morgan fingerprint density at radius 1 is 0.344 bits per heavy atom. The van der Waals surface area contributed by atoms with Gasteiger partial charge in [-0.15, -0.1) is 10.9 Å². The van der Waals surface area contributed by atoms with Gasteiger partial charge in [0, 0.05) is 38.3 Å². The Kier molecular flexibility index (Phi) is 8.69. The molecule has 14 radical (unpaired) electrons. The van der Waals surface area contributed by atoms with Crippen molar-refractivity contribution in [2.24, 2.45) is 0 Å². The molecule has 0 fully saturated rings. The second-order valence-electron chi connectivity index (χ2n) is 16.3. The number of furan rings is 1. The second kappa shape index (κ2) is 14.4. The Balaban J connectivity index is 1.16. The Hall–Kier alpha value is -7.17. The Morgan fingerprint density at radius 3 is 1.69 bits per heavy atom. The van der Waals surface area contributed by atoms with Gasteiger partial charge in [-0.25, -0.2) is 0 Å². The summed E-state index contributed by atoms with van der Waals surface area (Å²) < 4.78 is 10.6. The monoisotopic (exact) mass is 796 g/mol. The van der Waals surface area contributed by atoms with Gasteiger partial charge < -0.3 is 13.6 Å². The minimum atomic E-state index is 0.169. The van der Waals surface area contributed by atoms with Crippen molar-refractivity contribution in [1.29, 1.82) is 0 Å². The van der Waals surface area contributed by atoms with Crippen LogP contribution in [0.4, 0.5) is 0 Å². The molecule has 9 aromatic carbocycles. The van der Waals surface area contributed by atoms with Crippen LogP contribution in [-0.4, -0.2) is 64.1 Å². The minimum absolute atomic E-state index is 0.169. The van der Waals surface area contributed by atoms with Gasteiger partial charge in [0.05, 0.1) is 22.1 Å². The molecule has 12 rings (SSSR count). The van der Waals surface area contributed by atoms with Gasteiger partial charge in [0.25, 0.3) is 0 Å². The molecule has 0 aliphatic carbocycles. The van der Waals surface area contributed by atoms with E-state index in [4.69, 9.17) is 59.3 Å². The minimum Gasteiger partial charge on any atom is -0.456 e. The van der Waals surface area contributed by atoms with Crippen LogP contribution in [0.2, 0.25) is 0 Å². The Morgan fingerprint density at radius 2 is 0.938 bits per heavy atom. The fourth-order valence-electron chi connectivity index (χ4n) is 9.98. The number of hydrogen-bond donors (Lipinski definition) is 0. The summed E-state index contributed by atoms with van der Waals surface area (Å²) >= 11 is 0. The van der Waals surface area contributed by atoms with Crippen molar-refractivity contribution in [3.63, 3.8) is 0 Å². The van der Waals surface area contributed by atoms with Crippen LogP contribution < -0.4 is 38.2 Å². The molecule has 10 heteroatoms. The smallest absolute Gasteiger partial charge is 0.137 e. The van der Waals surface area contributed by atoms with E-state index >= 15 is 0 Å². The predicted molar refractivity (Wildman–Crippen MR) is 276 cm³/mol. The SMILES string of the molecule is [B]c1c([B])c([B])c2c(c1[B])c1c([B])c(-c3ccc4c(c3)c3c(-c5ccccc5)cccc3n4-c3cccc4oc5ccccc5c34)c([B])c([B])c1n2-c1ccc(-c2ccccc2)cc1. The first-order valence-corrected chi connectivity index (χ1v) is 21.0. The van der Waals surface area contributed by atoms with Crippen molar-refractivity contribution < 1.29 is 4.42 Å². The summed E-state index contributed by atoms with van der Waals surface area (Å²) in [5.41, 5.74) is 14.0. The van der Waals surface area contributed by atoms with E-state index in [-0.39, 0.29) is 21.9 Å². The lowest BCUT2D eigenvalue weighted by molar-refractivity contribution is 0.669. The van der Waals surface area contributed by atoms with Crippen molar-refractivity contribution in [3.05, 3.63) is 164 Å². The van der Waals surface area contributed by atoms with E-state index < -0.39 is 0 Å². The summed E-state index contributed by atoms with van der Waals surface area (Å²) in [4.78, 5) is 0. The van der Waals surface area contributed by atoms with E-state index in [2.05, 4.69) is 83.4 Å². The van der Waals surface area contributed by atoms with Gasteiger partial charge >= 0.3 is 0 Å². The zero-order chi connectivity index (χ0) is 43.5. The summed E-state index contributed by atoms with van der Waals surface area (Å²) in [7, 11) is 48.8. The first-order chi connectivity index (χ1) is 31.2. The molecule has 0 N–H and O–H groups in total. The largest absolute Gasteiger partial charge is 0.456 e. The van der Waals surface area contributed by atoms with Crippen molar-refractivity contribution in [2.75, 3.05) is 0 Å². The molecular weight excluding hydrogens is 768 g/mol. The summed E-state index contributed by atoms with van der Waals surface area (Å²) in [5, 5.41) is 5.25. The molecule has 64 heavy (non-hydrogen) atoms. The van der Waals surface area contributed by atoms with Crippen molar-refractivity contribution >= 4 is 159 Å². The molecule has 0 aliphatic heterocycles. The van der Waals surface area contributed by atoms with Crippen molar-refractivity contribution in [3.8, 4) is 44.8 Å². The first kappa shape index (κ1) is 38.5. The van der Waals surface area contributed by atoms with Crippen molar-refractivity contribution in [1.82, 2.24) is 9.13 Å². The maximum absolute atomic E-state index is 7.43. The lowest BCUT2D eigenvalue weighted by Crippen LogP contribution is -2.48. The molecule has 0 saturated carbocycles. The summed E-state index contributed by atoms with van der Waals surface area (Å²) in [6, 6.07) is 55.8. The molecule has 0 bridgehead atoms. The zero-order valence-corrected chi connectivity index (χ0v) is 34.4. The van der Waals surface area contributed by atoms with E-state index in [0.717, 1.165) is 82.9 Å². The number of aromatic nitrogens is 2. The van der Waals surface area contributed by atoms with Crippen LogP contribution in [0.15, 0.2) is 168 Å². The van der Waals surface area contributed by atoms with E-state index in [9.17, 15) is 0 Å². The molecule has 0 unspecified atom stereocenters. The van der Waals surface area contributed by atoms with Crippen LogP contribution in [0.25, 0.3) is 110 Å². The van der Waals surface area contributed by atoms with Crippen molar-refractivity contribution in [2.45, 2.75) is 0 Å². The lowest BCUT2D eigenvalue weighted by Gasteiger charge is -2.19. The van der Waals surface area contributed by atoms with Gasteiger partial charge in [0.15, 0.2) is 0 Å². The maximum atomic E-state index is 7.43. The van der Waals surface area contributed by atoms with Crippen LogP contribution in [0.1, 0.15) is 0 Å². The van der Waals surface area contributed by atoms with Gasteiger partial charge in [-0.05, 0) is 87.3 Å². The zero-order valence-electron chi connectivity index (χ0n) is 34.4. The highest BCUT2D eigenvalue weighted by Gasteiger charge is 2.26. The fourth-order valence-corrected chi connectivity index (χ4v) is 9.98. The molecule has 0 atom stereocenters. The lowest BCUT2D eigenvalue weighted by atomic mass is 9.64. The molecule has 12 aromatic rings. The second-order valence-corrected chi connectivity index (χ2v) is 16.3. The number of fused-ring (bicyclic) bond motifs is 9. The van der Waals surface area contributed by atoms with Gasteiger partial charge in [0.2, 0.25) is 0 Å². The maximum Gasteiger partial charge on any atom is 0.137 e. The van der Waals surface area contributed by atoms with Crippen LogP contribution >= 0.6 is 0 Å². The fraction of sp³-hybridized carbons (Fsp3) is 0. The molecule has 3 nitrogen and oxygen atoms in total. The molecule has 0 saturated heterocycles. The van der Waals surface area contributed by atoms with Crippen LogP contribution in [-0.2, 0) is 0 Å². The highest BCUT2D eigenvalue weighted by atomic mass is 16.3. The number of para-hydroxylation sites is 1. The number of hydrogen-bond acceptors (Lipinski definition) is 1. The predicted octanol–water partition coefficient (Wildman–Crippen LogP) is 6.34. The summed E-state index contributed by atoms with van der Waals surface area (Å²) in [6.45, 7) is 0. The Bertz CT molecular complexity index is 3910. The molecule has 0 amide bonds. The quantitative estimate of drug-likeness (QED) is 0.187. The van der Waals surface area contributed by atoms with Crippen LogP contribution in [0.5, 0.6) is 0 Å². The highest BCUT2D eigenvalue weighted by Crippen LogP contribution is 2.43. The molecule has 0 aliphatic rings. The molecule has 0 spiro atoms. The highest BCUT2D eigenvalue weighted by molar-refractivity contribution is 6.69. The topological polar surface area (TPSA) is 23.0 Å². The number of rotatable bonds is 5. The van der Waals surface area contributed by atoms with Crippen LogP contribution in [0, 0.1) is 0 Å². The third-order valence-corrected chi connectivity index (χ3v) is 12.9. The average Bonchev–Trinajstić information content (AvgIpc) is 4.01. The standard InChI is InChI=1S/C54H27B7N2O/c55-46-41(47(56)51(60)53-44(46)45-48(57)49(58)50(59)52(61)54(45)62(53)32-24-21-29(22-25-32)28-11-3-1-4-12-28)31-23-26-36-35(27-31)42-33(30-13-5-2-6-14-30)16-9-17-37(42)63(36)38-18-10-20-40-43(38)34-15-7-8-19-39(34)64-40/h1-27H. The van der Waals surface area contributed by atoms with E-state index in [1.54, 1.807) is 0 Å². The third-order valence-electron chi connectivity index (χ3n) is 12.9. The molecule has 280 valence electrons. The van der Waals surface area contributed by atoms with E-state index in [1.807, 2.05) is 89.5 Å². The molecule has 3 aromatic heterocycles. The summed E-state index contributed by atoms with van der Waals surface area (Å²) in [5.74, 6) is 0. The average molecular weight is 796 g/mol. The molecule has 3 heterocycles. The number of nitrogens with zero attached hydrogens (tertiary/aromatic N) is 2. The van der Waals surface area contributed by atoms with Gasteiger partial charge in [-0.2, -0.15) is 0 Å². The van der Waals surface area contributed by atoms with E-state index in [0.29, 0.717) is 43.8 Å². The summed E-state index contributed by atoms with van der Waals surface area (Å²) in [6.07, 6.45) is 0. The Labute approximate surface area is 379 Å². The third kappa shape index (κ3) is 5.45. The van der Waals surface area contributed by atoms with Gasteiger partial charge in [0.1, 0.15) is 66.1 Å². The normalized spacial score (nSPS) is 11.9. The van der Waals surface area contributed by atoms with Crippen LogP contribution in [0.3, 0.4) is 0 Å². The van der Waals surface area contributed by atoms with Gasteiger partial charge in [-0.1, -0.05) is 143 Å². The molecular formula is C54H27B7N2O. The van der Waals surface area contributed by atoms with E-state index in [1.165, 1.54) is 0 Å². The first-order valence-electron chi connectivity index (χ1n) is 21.0. The van der Waals surface area contributed by atoms with Gasteiger partial charge in [-0.3, -0.25) is 0 Å². The number of benzene rings is 9.